The zero-order valence-electron chi connectivity index (χ0n) is 20.8. The summed E-state index contributed by atoms with van der Waals surface area (Å²) in [7, 11) is 0. The monoisotopic (exact) mass is 493 g/mol. The number of aromatic nitrogens is 5. The van der Waals surface area contributed by atoms with E-state index in [1.807, 2.05) is 57.3 Å². The second-order valence-electron chi connectivity index (χ2n) is 9.08. The standard InChI is InChI=1S/C28H27N7O2/c1-18(2)32-28(37)25-24(23-11-4-5-12-29-23)33-26-22(10-7-13-34(25)26)27(36)30-15-20-16-31-35(17-20)21-9-6-8-19(3)14-21/h4-14,16-18H,15H2,1-3H3,(H,30,36)(H,32,37). The average Bonchev–Trinajstić information content (AvgIpc) is 3.52. The highest BCUT2D eigenvalue weighted by Gasteiger charge is 2.24. The molecule has 0 aliphatic rings. The van der Waals surface area contributed by atoms with Crippen molar-refractivity contribution in [2.24, 2.45) is 0 Å². The number of rotatable bonds is 7. The molecule has 0 saturated heterocycles. The van der Waals surface area contributed by atoms with Crippen molar-refractivity contribution in [2.45, 2.75) is 33.4 Å². The number of pyridine rings is 2. The number of aryl methyl sites for hydroxylation is 1. The Hall–Kier alpha value is -4.79. The third kappa shape index (κ3) is 4.97. The fraction of sp³-hybridized carbons (Fsp3) is 0.179. The molecule has 5 rings (SSSR count). The summed E-state index contributed by atoms with van der Waals surface area (Å²) >= 11 is 0. The molecular formula is C28H27N7O2. The maximum Gasteiger partial charge on any atom is 0.270 e. The van der Waals surface area contributed by atoms with Crippen LogP contribution in [0.25, 0.3) is 22.7 Å². The van der Waals surface area contributed by atoms with E-state index in [1.54, 1.807) is 51.9 Å². The van der Waals surface area contributed by atoms with Crippen LogP contribution in [0.1, 0.15) is 45.8 Å². The maximum absolute atomic E-state index is 13.3. The maximum atomic E-state index is 13.3. The quantitative estimate of drug-likeness (QED) is 0.357. The van der Waals surface area contributed by atoms with Crippen LogP contribution in [0.5, 0.6) is 0 Å². The number of nitrogens with zero attached hydrogens (tertiary/aromatic N) is 5. The minimum Gasteiger partial charge on any atom is -0.349 e. The molecule has 0 unspecified atom stereocenters. The average molecular weight is 494 g/mol. The molecule has 37 heavy (non-hydrogen) atoms. The van der Waals surface area contributed by atoms with E-state index in [4.69, 9.17) is 4.98 Å². The first kappa shape index (κ1) is 23.9. The van der Waals surface area contributed by atoms with Crippen LogP contribution < -0.4 is 10.6 Å². The van der Waals surface area contributed by atoms with Gasteiger partial charge in [0.05, 0.1) is 23.1 Å². The predicted molar refractivity (Wildman–Crippen MR) is 140 cm³/mol. The third-order valence-corrected chi connectivity index (χ3v) is 5.79. The van der Waals surface area contributed by atoms with Crippen molar-refractivity contribution >= 4 is 17.5 Å². The van der Waals surface area contributed by atoms with Crippen LogP contribution >= 0.6 is 0 Å². The van der Waals surface area contributed by atoms with Crippen LogP contribution in [-0.4, -0.2) is 42.0 Å². The number of hydrogen-bond donors (Lipinski definition) is 2. The van der Waals surface area contributed by atoms with Gasteiger partial charge < -0.3 is 10.6 Å². The molecule has 0 aliphatic carbocycles. The van der Waals surface area contributed by atoms with Crippen LogP contribution in [0, 0.1) is 6.92 Å². The lowest BCUT2D eigenvalue weighted by Crippen LogP contribution is -2.31. The zero-order chi connectivity index (χ0) is 25.9. The van der Waals surface area contributed by atoms with E-state index in [-0.39, 0.29) is 17.9 Å². The van der Waals surface area contributed by atoms with E-state index >= 15 is 0 Å². The van der Waals surface area contributed by atoms with Crippen LogP contribution in [0.4, 0.5) is 0 Å². The Balaban J connectivity index is 1.44. The second-order valence-corrected chi connectivity index (χ2v) is 9.08. The van der Waals surface area contributed by atoms with E-state index in [0.717, 1.165) is 16.8 Å². The summed E-state index contributed by atoms with van der Waals surface area (Å²) in [5, 5.41) is 10.3. The minimum atomic E-state index is -0.303. The van der Waals surface area contributed by atoms with Gasteiger partial charge in [-0.15, -0.1) is 0 Å². The largest absolute Gasteiger partial charge is 0.349 e. The molecule has 4 aromatic heterocycles. The summed E-state index contributed by atoms with van der Waals surface area (Å²) in [5.74, 6) is -0.591. The topological polar surface area (TPSA) is 106 Å². The Morgan fingerprint density at radius 2 is 1.89 bits per heavy atom. The molecular weight excluding hydrogens is 466 g/mol. The summed E-state index contributed by atoms with van der Waals surface area (Å²) in [4.78, 5) is 35.5. The summed E-state index contributed by atoms with van der Waals surface area (Å²) in [6.45, 7) is 6.10. The summed E-state index contributed by atoms with van der Waals surface area (Å²) in [6.07, 6.45) is 6.99. The SMILES string of the molecule is Cc1cccc(-n2cc(CNC(=O)c3cccn4c(C(=O)NC(C)C)c(-c5ccccn5)nc34)cn2)c1. The number of nitrogens with one attached hydrogen (secondary N) is 2. The first-order chi connectivity index (χ1) is 17.9. The van der Waals surface area contributed by atoms with Crippen LogP contribution in [0.3, 0.4) is 0 Å². The lowest BCUT2D eigenvalue weighted by molar-refractivity contribution is 0.0932. The molecule has 186 valence electrons. The van der Waals surface area contributed by atoms with Gasteiger partial charge in [-0.2, -0.15) is 5.10 Å². The lowest BCUT2D eigenvalue weighted by Gasteiger charge is -2.10. The number of imidazole rings is 1. The Labute approximate surface area is 214 Å². The van der Waals surface area contributed by atoms with Gasteiger partial charge in [-0.1, -0.05) is 18.2 Å². The van der Waals surface area contributed by atoms with Crippen molar-refractivity contribution in [3.8, 4) is 17.1 Å². The first-order valence-corrected chi connectivity index (χ1v) is 12.0. The van der Waals surface area contributed by atoms with Gasteiger partial charge in [0, 0.05) is 36.7 Å². The molecule has 9 nitrogen and oxygen atoms in total. The molecule has 0 aliphatic heterocycles. The zero-order valence-corrected chi connectivity index (χ0v) is 20.8. The molecule has 2 N–H and O–H groups in total. The number of amides is 2. The van der Waals surface area contributed by atoms with E-state index in [2.05, 4.69) is 20.7 Å². The number of fused-ring (bicyclic) bond motifs is 1. The molecule has 1 aromatic carbocycles. The smallest absolute Gasteiger partial charge is 0.270 e. The van der Waals surface area contributed by atoms with E-state index in [9.17, 15) is 9.59 Å². The third-order valence-electron chi connectivity index (χ3n) is 5.79. The van der Waals surface area contributed by atoms with Crippen LogP contribution in [-0.2, 0) is 6.54 Å². The van der Waals surface area contributed by atoms with Crippen LogP contribution in [0.2, 0.25) is 0 Å². The van der Waals surface area contributed by atoms with Crippen molar-refractivity contribution in [1.82, 2.24) is 34.8 Å². The normalized spacial score (nSPS) is 11.1. The van der Waals surface area contributed by atoms with Crippen molar-refractivity contribution in [1.29, 1.82) is 0 Å². The number of hydrogen-bond acceptors (Lipinski definition) is 5. The van der Waals surface area contributed by atoms with Crippen molar-refractivity contribution in [3.05, 3.63) is 102 Å². The number of carbonyl (C=O) groups excluding carboxylic acids is 2. The van der Waals surface area contributed by atoms with Crippen molar-refractivity contribution in [3.63, 3.8) is 0 Å². The van der Waals surface area contributed by atoms with Gasteiger partial charge in [0.15, 0.2) is 5.65 Å². The fourth-order valence-electron chi connectivity index (χ4n) is 4.11. The highest BCUT2D eigenvalue weighted by Crippen LogP contribution is 2.25. The predicted octanol–water partition coefficient (Wildman–Crippen LogP) is 3.96. The summed E-state index contributed by atoms with van der Waals surface area (Å²) in [6, 6.07) is 16.8. The molecule has 0 radical (unpaired) electrons. The Morgan fingerprint density at radius 3 is 2.65 bits per heavy atom. The summed E-state index contributed by atoms with van der Waals surface area (Å²) < 4.78 is 3.43. The Kier molecular flexibility index (Phi) is 6.51. The van der Waals surface area contributed by atoms with Crippen LogP contribution in [0.15, 0.2) is 79.4 Å². The van der Waals surface area contributed by atoms with Gasteiger partial charge in [-0.25, -0.2) is 9.67 Å². The van der Waals surface area contributed by atoms with Gasteiger partial charge >= 0.3 is 0 Å². The van der Waals surface area contributed by atoms with Crippen molar-refractivity contribution < 1.29 is 9.59 Å². The summed E-state index contributed by atoms with van der Waals surface area (Å²) in [5.41, 5.74) is 4.98. The van der Waals surface area contributed by atoms with E-state index in [1.165, 1.54) is 0 Å². The second kappa shape index (κ2) is 10.1. The molecule has 5 aromatic rings. The Morgan fingerprint density at radius 1 is 1.03 bits per heavy atom. The molecule has 0 spiro atoms. The number of benzene rings is 1. The highest BCUT2D eigenvalue weighted by atomic mass is 16.2. The highest BCUT2D eigenvalue weighted by molar-refractivity contribution is 6.04. The van der Waals surface area contributed by atoms with Gasteiger partial charge in [-0.3, -0.25) is 19.0 Å². The van der Waals surface area contributed by atoms with Crippen molar-refractivity contribution in [2.75, 3.05) is 0 Å². The van der Waals surface area contributed by atoms with Gasteiger partial charge in [-0.05, 0) is 62.7 Å². The molecule has 4 heterocycles. The molecule has 9 heteroatoms. The van der Waals surface area contributed by atoms with E-state index in [0.29, 0.717) is 34.8 Å². The molecule has 2 amide bonds. The first-order valence-electron chi connectivity index (χ1n) is 12.0. The Bertz CT molecular complexity index is 1580. The lowest BCUT2D eigenvalue weighted by atomic mass is 10.2. The van der Waals surface area contributed by atoms with Gasteiger partial charge in [0.2, 0.25) is 0 Å². The van der Waals surface area contributed by atoms with E-state index < -0.39 is 0 Å². The van der Waals surface area contributed by atoms with Gasteiger partial charge in [0.1, 0.15) is 11.4 Å². The molecule has 0 saturated carbocycles. The fourth-order valence-corrected chi connectivity index (χ4v) is 4.11. The molecule has 0 atom stereocenters. The minimum absolute atomic E-state index is 0.0677. The number of carbonyl (C=O) groups is 2. The molecule has 0 fully saturated rings. The van der Waals surface area contributed by atoms with Gasteiger partial charge in [0.25, 0.3) is 11.8 Å². The molecule has 0 bridgehead atoms.